The molecular formula is C21H27NO. The average Bonchev–Trinajstić information content (AvgIpc) is 2.49. The van der Waals surface area contributed by atoms with E-state index < -0.39 is 0 Å². The van der Waals surface area contributed by atoms with Gasteiger partial charge >= 0.3 is 0 Å². The number of amides is 1. The first-order valence-corrected chi connectivity index (χ1v) is 8.43. The quantitative estimate of drug-likeness (QED) is 0.767. The highest BCUT2D eigenvalue weighted by atomic mass is 16.1. The summed E-state index contributed by atoms with van der Waals surface area (Å²) in [5, 5.41) is 2.96. The van der Waals surface area contributed by atoms with Gasteiger partial charge < -0.3 is 5.32 Å². The Morgan fingerprint density at radius 1 is 0.783 bits per heavy atom. The Balaban J connectivity index is 1.98. The lowest BCUT2D eigenvalue weighted by atomic mass is 10.0. The van der Waals surface area contributed by atoms with Crippen LogP contribution in [-0.2, 0) is 12.8 Å². The predicted molar refractivity (Wildman–Crippen MR) is 97.9 cm³/mol. The molecule has 0 atom stereocenters. The first-order valence-electron chi connectivity index (χ1n) is 8.43. The van der Waals surface area contributed by atoms with E-state index in [1.165, 1.54) is 11.1 Å². The van der Waals surface area contributed by atoms with E-state index in [1.807, 2.05) is 36.4 Å². The highest BCUT2D eigenvalue weighted by Crippen LogP contribution is 2.15. The first-order chi connectivity index (χ1) is 10.9. The van der Waals surface area contributed by atoms with E-state index in [0.717, 1.165) is 18.5 Å². The summed E-state index contributed by atoms with van der Waals surface area (Å²) in [6.07, 6.45) is 2.10. The van der Waals surface area contributed by atoms with Crippen LogP contribution in [0.2, 0.25) is 0 Å². The van der Waals surface area contributed by atoms with E-state index in [0.29, 0.717) is 17.4 Å². The fraction of sp³-hybridized carbons (Fsp3) is 0.381. The summed E-state index contributed by atoms with van der Waals surface area (Å²) in [6.45, 7) is 8.81. The van der Waals surface area contributed by atoms with Gasteiger partial charge in [0, 0.05) is 11.3 Å². The number of hydrogen-bond donors (Lipinski definition) is 1. The number of hydrogen-bond acceptors (Lipinski definition) is 1. The molecule has 0 spiro atoms. The maximum atomic E-state index is 12.3. The van der Waals surface area contributed by atoms with Crippen molar-refractivity contribution in [1.82, 2.24) is 0 Å². The number of benzene rings is 2. The summed E-state index contributed by atoms with van der Waals surface area (Å²) in [5.41, 5.74) is 4.11. The molecule has 2 rings (SSSR count). The Bertz CT molecular complexity index is 624. The lowest BCUT2D eigenvalue weighted by Gasteiger charge is -2.09. The van der Waals surface area contributed by atoms with Gasteiger partial charge in [0.05, 0.1) is 0 Å². The number of carbonyl (C=O) groups excluding carboxylic acids is 1. The van der Waals surface area contributed by atoms with Crippen molar-refractivity contribution < 1.29 is 4.79 Å². The third kappa shape index (κ3) is 5.55. The van der Waals surface area contributed by atoms with Gasteiger partial charge in [0.15, 0.2) is 0 Å². The highest BCUT2D eigenvalue weighted by molar-refractivity contribution is 6.04. The van der Waals surface area contributed by atoms with Gasteiger partial charge in [0.2, 0.25) is 0 Å². The maximum absolute atomic E-state index is 12.3. The molecule has 0 aliphatic heterocycles. The number of rotatable bonds is 6. The third-order valence-corrected chi connectivity index (χ3v) is 3.72. The molecule has 2 aromatic rings. The molecule has 0 bridgehead atoms. The fourth-order valence-corrected chi connectivity index (χ4v) is 2.66. The van der Waals surface area contributed by atoms with E-state index >= 15 is 0 Å². The van der Waals surface area contributed by atoms with Gasteiger partial charge in [-0.15, -0.1) is 0 Å². The van der Waals surface area contributed by atoms with Gasteiger partial charge in [-0.3, -0.25) is 4.79 Å². The Labute approximate surface area is 139 Å². The van der Waals surface area contributed by atoms with Gasteiger partial charge in [0.1, 0.15) is 0 Å². The molecule has 0 heterocycles. The van der Waals surface area contributed by atoms with Crippen LogP contribution in [0, 0.1) is 11.8 Å². The minimum Gasteiger partial charge on any atom is -0.322 e. The van der Waals surface area contributed by atoms with Crippen molar-refractivity contribution >= 4 is 11.6 Å². The van der Waals surface area contributed by atoms with Crippen molar-refractivity contribution in [2.75, 3.05) is 5.32 Å². The van der Waals surface area contributed by atoms with E-state index in [4.69, 9.17) is 0 Å². The smallest absolute Gasteiger partial charge is 0.255 e. The summed E-state index contributed by atoms with van der Waals surface area (Å²) in [4.78, 5) is 12.3. The molecule has 2 heteroatoms. The molecule has 1 N–H and O–H groups in total. The van der Waals surface area contributed by atoms with Crippen molar-refractivity contribution in [2.45, 2.75) is 40.5 Å². The largest absolute Gasteiger partial charge is 0.322 e. The van der Waals surface area contributed by atoms with Crippen LogP contribution in [0.3, 0.4) is 0 Å². The molecule has 0 unspecified atom stereocenters. The lowest BCUT2D eigenvalue weighted by molar-refractivity contribution is 0.102. The van der Waals surface area contributed by atoms with Crippen LogP contribution in [0.5, 0.6) is 0 Å². The van der Waals surface area contributed by atoms with Gasteiger partial charge in [-0.1, -0.05) is 52.0 Å². The summed E-state index contributed by atoms with van der Waals surface area (Å²) in [7, 11) is 0. The van der Waals surface area contributed by atoms with Gasteiger partial charge in [-0.25, -0.2) is 0 Å². The molecule has 1 amide bonds. The number of anilines is 1. The van der Waals surface area contributed by atoms with Crippen LogP contribution in [-0.4, -0.2) is 5.91 Å². The van der Waals surface area contributed by atoms with E-state index in [-0.39, 0.29) is 5.91 Å². The van der Waals surface area contributed by atoms with Crippen LogP contribution in [0.25, 0.3) is 0 Å². The Morgan fingerprint density at radius 2 is 1.22 bits per heavy atom. The number of carbonyl (C=O) groups is 1. The molecule has 122 valence electrons. The van der Waals surface area contributed by atoms with Crippen molar-refractivity contribution in [3.8, 4) is 0 Å². The zero-order chi connectivity index (χ0) is 16.8. The molecule has 0 saturated carbocycles. The molecule has 0 aromatic heterocycles. The summed E-state index contributed by atoms with van der Waals surface area (Å²) < 4.78 is 0. The molecule has 23 heavy (non-hydrogen) atoms. The van der Waals surface area contributed by atoms with Crippen molar-refractivity contribution in [1.29, 1.82) is 0 Å². The van der Waals surface area contributed by atoms with Gasteiger partial charge in [-0.05, 0) is 60.1 Å². The Hall–Kier alpha value is -2.09. The predicted octanol–water partition coefficient (Wildman–Crippen LogP) is 5.34. The van der Waals surface area contributed by atoms with Crippen molar-refractivity contribution in [3.05, 3.63) is 65.2 Å². The molecule has 0 fully saturated rings. The van der Waals surface area contributed by atoms with Crippen LogP contribution in [0.15, 0.2) is 48.5 Å². The second kappa shape index (κ2) is 7.96. The molecule has 0 radical (unpaired) electrons. The monoisotopic (exact) mass is 309 g/mol. The fourth-order valence-electron chi connectivity index (χ4n) is 2.66. The Morgan fingerprint density at radius 3 is 1.65 bits per heavy atom. The lowest BCUT2D eigenvalue weighted by Crippen LogP contribution is -2.12. The van der Waals surface area contributed by atoms with Crippen LogP contribution < -0.4 is 5.32 Å². The molecule has 2 nitrogen and oxygen atoms in total. The SMILES string of the molecule is CC(C)Cc1ccc(NC(=O)c2ccc(CC(C)C)cc2)cc1. The summed E-state index contributed by atoms with van der Waals surface area (Å²) >= 11 is 0. The normalized spacial score (nSPS) is 11.0. The second-order valence-corrected chi connectivity index (χ2v) is 7.04. The number of nitrogens with one attached hydrogen (secondary N) is 1. The zero-order valence-electron chi connectivity index (χ0n) is 14.6. The van der Waals surface area contributed by atoms with Gasteiger partial charge in [-0.2, -0.15) is 0 Å². The molecule has 0 aliphatic rings. The third-order valence-electron chi connectivity index (χ3n) is 3.72. The molecule has 2 aromatic carbocycles. The van der Waals surface area contributed by atoms with Crippen LogP contribution >= 0.6 is 0 Å². The standard InChI is InChI=1S/C21H27NO/c1-15(2)13-17-5-9-19(10-6-17)21(23)22-20-11-7-18(8-12-20)14-16(3)4/h5-12,15-16H,13-14H2,1-4H3,(H,22,23). The van der Waals surface area contributed by atoms with Crippen LogP contribution in [0.4, 0.5) is 5.69 Å². The maximum Gasteiger partial charge on any atom is 0.255 e. The summed E-state index contributed by atoms with van der Waals surface area (Å²) in [6, 6.07) is 16.0. The van der Waals surface area contributed by atoms with E-state index in [9.17, 15) is 4.79 Å². The zero-order valence-corrected chi connectivity index (χ0v) is 14.6. The minimum atomic E-state index is -0.0577. The summed E-state index contributed by atoms with van der Waals surface area (Å²) in [5.74, 6) is 1.21. The van der Waals surface area contributed by atoms with Crippen LogP contribution in [0.1, 0.15) is 49.2 Å². The minimum absolute atomic E-state index is 0.0577. The first kappa shape index (κ1) is 17.3. The van der Waals surface area contributed by atoms with E-state index in [2.05, 4.69) is 45.1 Å². The topological polar surface area (TPSA) is 29.1 Å². The van der Waals surface area contributed by atoms with Crippen molar-refractivity contribution in [2.24, 2.45) is 11.8 Å². The Kier molecular flexibility index (Phi) is 5.97. The van der Waals surface area contributed by atoms with E-state index in [1.54, 1.807) is 0 Å². The second-order valence-electron chi connectivity index (χ2n) is 7.04. The van der Waals surface area contributed by atoms with Gasteiger partial charge in [0.25, 0.3) is 5.91 Å². The molecule has 0 saturated heterocycles. The average molecular weight is 309 g/mol. The molecule has 0 aliphatic carbocycles. The molecular weight excluding hydrogens is 282 g/mol. The van der Waals surface area contributed by atoms with Crippen molar-refractivity contribution in [3.63, 3.8) is 0 Å². The highest BCUT2D eigenvalue weighted by Gasteiger charge is 2.07.